The van der Waals surface area contributed by atoms with E-state index in [1.165, 1.54) is 12.2 Å². The standard InChI is InChI=1S/C13H22N2O2/c1-5-13(15(16)17)9-8-12(4)10-11-14(6-2)7-3/h5,8-9H,4,6-7,10-11H2,1-3H3/b9-8-,13-5+. The maximum absolute atomic E-state index is 10.5. The maximum atomic E-state index is 10.5. The number of nitrogens with zero attached hydrogens (tertiary/aromatic N) is 2. The zero-order valence-corrected chi connectivity index (χ0v) is 11.0. The van der Waals surface area contributed by atoms with Crippen molar-refractivity contribution in [3.8, 4) is 0 Å². The predicted molar refractivity (Wildman–Crippen MR) is 71.4 cm³/mol. The first kappa shape index (κ1) is 15.6. The lowest BCUT2D eigenvalue weighted by Crippen LogP contribution is -2.24. The van der Waals surface area contributed by atoms with Gasteiger partial charge in [0.2, 0.25) is 0 Å². The summed E-state index contributed by atoms with van der Waals surface area (Å²) < 4.78 is 0. The van der Waals surface area contributed by atoms with Crippen LogP contribution in [0.4, 0.5) is 0 Å². The van der Waals surface area contributed by atoms with Gasteiger partial charge in [-0.3, -0.25) is 10.1 Å². The highest BCUT2D eigenvalue weighted by molar-refractivity contribution is 5.22. The average Bonchev–Trinajstić information content (AvgIpc) is 2.30. The summed E-state index contributed by atoms with van der Waals surface area (Å²) in [6, 6.07) is 0. The highest BCUT2D eigenvalue weighted by atomic mass is 16.6. The molecule has 96 valence electrons. The van der Waals surface area contributed by atoms with Gasteiger partial charge < -0.3 is 4.90 Å². The Morgan fingerprint density at radius 2 is 1.94 bits per heavy atom. The molecule has 0 fully saturated rings. The molecule has 0 rings (SSSR count). The van der Waals surface area contributed by atoms with Crippen molar-refractivity contribution in [2.24, 2.45) is 0 Å². The van der Waals surface area contributed by atoms with Crippen molar-refractivity contribution in [2.75, 3.05) is 19.6 Å². The second-order valence-corrected chi connectivity index (χ2v) is 3.74. The van der Waals surface area contributed by atoms with Crippen molar-refractivity contribution in [3.05, 3.63) is 46.2 Å². The van der Waals surface area contributed by atoms with Crippen molar-refractivity contribution in [2.45, 2.75) is 27.2 Å². The lowest BCUT2D eigenvalue weighted by atomic mass is 10.2. The Balaban J connectivity index is 4.18. The van der Waals surface area contributed by atoms with Gasteiger partial charge in [-0.15, -0.1) is 0 Å². The summed E-state index contributed by atoms with van der Waals surface area (Å²) in [6.07, 6.45) is 5.55. The van der Waals surface area contributed by atoms with Gasteiger partial charge in [0.05, 0.1) is 4.92 Å². The van der Waals surface area contributed by atoms with E-state index in [9.17, 15) is 10.1 Å². The molecule has 0 spiro atoms. The number of rotatable bonds is 8. The number of hydrogen-bond acceptors (Lipinski definition) is 3. The third kappa shape index (κ3) is 6.68. The van der Waals surface area contributed by atoms with Crippen LogP contribution in [0.3, 0.4) is 0 Å². The Hall–Kier alpha value is -1.42. The van der Waals surface area contributed by atoms with Gasteiger partial charge in [-0.05, 0) is 32.5 Å². The van der Waals surface area contributed by atoms with Gasteiger partial charge in [0.15, 0.2) is 0 Å². The van der Waals surface area contributed by atoms with Crippen LogP contribution in [0.2, 0.25) is 0 Å². The van der Waals surface area contributed by atoms with E-state index in [1.54, 1.807) is 13.0 Å². The van der Waals surface area contributed by atoms with Gasteiger partial charge in [0.25, 0.3) is 5.70 Å². The number of allylic oxidation sites excluding steroid dienone is 3. The van der Waals surface area contributed by atoms with Crippen molar-refractivity contribution < 1.29 is 4.92 Å². The first-order valence-electron chi connectivity index (χ1n) is 5.94. The van der Waals surface area contributed by atoms with E-state index in [1.807, 2.05) is 0 Å². The Bertz CT molecular complexity index is 315. The fourth-order valence-electron chi connectivity index (χ4n) is 1.39. The average molecular weight is 238 g/mol. The Morgan fingerprint density at radius 1 is 1.35 bits per heavy atom. The Kier molecular flexibility index (Phi) is 7.97. The van der Waals surface area contributed by atoms with E-state index in [0.29, 0.717) is 0 Å². The van der Waals surface area contributed by atoms with E-state index in [2.05, 4.69) is 25.3 Å². The molecule has 0 aromatic carbocycles. The molecule has 0 N–H and O–H groups in total. The normalized spacial score (nSPS) is 12.4. The summed E-state index contributed by atoms with van der Waals surface area (Å²) in [5.74, 6) is 0. The van der Waals surface area contributed by atoms with Gasteiger partial charge >= 0.3 is 0 Å². The number of hydrogen-bond donors (Lipinski definition) is 0. The first-order valence-corrected chi connectivity index (χ1v) is 5.94. The lowest BCUT2D eigenvalue weighted by molar-refractivity contribution is -0.419. The van der Waals surface area contributed by atoms with Crippen molar-refractivity contribution in [3.63, 3.8) is 0 Å². The van der Waals surface area contributed by atoms with Gasteiger partial charge in [-0.2, -0.15) is 0 Å². The first-order chi connectivity index (χ1) is 8.04. The molecule has 0 amide bonds. The molecule has 17 heavy (non-hydrogen) atoms. The lowest BCUT2D eigenvalue weighted by Gasteiger charge is -2.17. The van der Waals surface area contributed by atoms with E-state index >= 15 is 0 Å². The molecule has 0 aromatic rings. The topological polar surface area (TPSA) is 46.4 Å². The van der Waals surface area contributed by atoms with E-state index in [-0.39, 0.29) is 5.70 Å². The second-order valence-electron chi connectivity index (χ2n) is 3.74. The van der Waals surface area contributed by atoms with Gasteiger partial charge in [0, 0.05) is 12.6 Å². The fraction of sp³-hybridized carbons (Fsp3) is 0.538. The van der Waals surface area contributed by atoms with Crippen LogP contribution in [0.25, 0.3) is 0 Å². The third-order valence-corrected chi connectivity index (χ3v) is 2.64. The highest BCUT2D eigenvalue weighted by Crippen LogP contribution is 2.06. The summed E-state index contributed by atoms with van der Waals surface area (Å²) >= 11 is 0. The summed E-state index contributed by atoms with van der Waals surface area (Å²) in [7, 11) is 0. The minimum absolute atomic E-state index is 0.106. The van der Waals surface area contributed by atoms with Crippen molar-refractivity contribution in [1.29, 1.82) is 0 Å². The molecule has 0 radical (unpaired) electrons. The van der Waals surface area contributed by atoms with E-state index in [0.717, 1.165) is 31.6 Å². The monoisotopic (exact) mass is 238 g/mol. The zero-order chi connectivity index (χ0) is 13.3. The molecule has 0 unspecified atom stereocenters. The molecule has 0 aliphatic heterocycles. The van der Waals surface area contributed by atoms with Crippen LogP contribution in [0.5, 0.6) is 0 Å². The Labute approximate surface area is 103 Å². The quantitative estimate of drug-likeness (QED) is 0.371. The van der Waals surface area contributed by atoms with Crippen LogP contribution < -0.4 is 0 Å². The maximum Gasteiger partial charge on any atom is 0.265 e. The van der Waals surface area contributed by atoms with Crippen LogP contribution in [0.1, 0.15) is 27.2 Å². The van der Waals surface area contributed by atoms with Crippen LogP contribution in [-0.4, -0.2) is 29.5 Å². The molecule has 4 nitrogen and oxygen atoms in total. The molecule has 4 heteroatoms. The summed E-state index contributed by atoms with van der Waals surface area (Å²) in [6.45, 7) is 12.8. The number of nitro groups is 1. The molecule has 0 aliphatic rings. The summed E-state index contributed by atoms with van der Waals surface area (Å²) in [4.78, 5) is 12.4. The van der Waals surface area contributed by atoms with E-state index < -0.39 is 4.92 Å². The van der Waals surface area contributed by atoms with Crippen molar-refractivity contribution in [1.82, 2.24) is 4.90 Å². The molecule has 0 aromatic heterocycles. The van der Waals surface area contributed by atoms with E-state index in [4.69, 9.17) is 0 Å². The largest absolute Gasteiger partial charge is 0.304 e. The fourth-order valence-corrected chi connectivity index (χ4v) is 1.39. The van der Waals surface area contributed by atoms with Crippen LogP contribution in [0.15, 0.2) is 36.1 Å². The van der Waals surface area contributed by atoms with Gasteiger partial charge in [-0.25, -0.2) is 0 Å². The minimum atomic E-state index is -0.395. The third-order valence-electron chi connectivity index (χ3n) is 2.64. The molecule has 0 saturated carbocycles. The highest BCUT2D eigenvalue weighted by Gasteiger charge is 2.03. The zero-order valence-electron chi connectivity index (χ0n) is 11.0. The van der Waals surface area contributed by atoms with Crippen LogP contribution in [-0.2, 0) is 0 Å². The SMILES string of the molecule is C=C(/C=C\C(=C/C)[N+](=O)[O-])CCN(CC)CC. The minimum Gasteiger partial charge on any atom is -0.304 e. The molecule has 0 aliphatic carbocycles. The molecule has 0 atom stereocenters. The van der Waals surface area contributed by atoms with Crippen molar-refractivity contribution >= 4 is 0 Å². The molecular formula is C13H22N2O2. The van der Waals surface area contributed by atoms with Crippen LogP contribution >= 0.6 is 0 Å². The molecular weight excluding hydrogens is 216 g/mol. The molecule has 0 saturated heterocycles. The predicted octanol–water partition coefficient (Wildman–Crippen LogP) is 3.01. The Morgan fingerprint density at radius 3 is 2.35 bits per heavy atom. The van der Waals surface area contributed by atoms with Gasteiger partial charge in [0.1, 0.15) is 0 Å². The molecule has 0 heterocycles. The summed E-state index contributed by atoms with van der Waals surface area (Å²) in [5, 5.41) is 10.5. The van der Waals surface area contributed by atoms with Gasteiger partial charge in [-0.1, -0.05) is 32.1 Å². The summed E-state index contributed by atoms with van der Waals surface area (Å²) in [5.41, 5.74) is 1.02. The molecule has 0 bridgehead atoms. The van der Waals surface area contributed by atoms with Crippen LogP contribution in [0, 0.1) is 10.1 Å². The second kappa shape index (κ2) is 8.70. The smallest absolute Gasteiger partial charge is 0.265 e.